The van der Waals surface area contributed by atoms with Gasteiger partial charge in [0.05, 0.1) is 15.6 Å². The van der Waals surface area contributed by atoms with Crippen molar-refractivity contribution in [3.63, 3.8) is 0 Å². The summed E-state index contributed by atoms with van der Waals surface area (Å²) >= 11 is 6.85. The van der Waals surface area contributed by atoms with Crippen molar-refractivity contribution in [2.45, 2.75) is 6.92 Å². The molecule has 3 rings (SSSR count). The maximum Gasteiger partial charge on any atom is 0.361 e. The van der Waals surface area contributed by atoms with Crippen LogP contribution in [0, 0.1) is 0 Å². The first-order valence-electron chi connectivity index (χ1n) is 8.89. The van der Waals surface area contributed by atoms with Crippen molar-refractivity contribution in [1.82, 2.24) is 0 Å². The Morgan fingerprint density at radius 2 is 1.70 bits per heavy atom. The smallest absolute Gasteiger partial charge is 0.361 e. The Hall–Kier alpha value is -2.84. The number of carbonyl (C=O) groups is 1. The fourth-order valence-electron chi connectivity index (χ4n) is 2.76. The minimum absolute atomic E-state index is 0.139. The van der Waals surface area contributed by atoms with E-state index in [0.29, 0.717) is 31.6 Å². The molecule has 0 aliphatic heterocycles. The van der Waals surface area contributed by atoms with Gasteiger partial charge in [-0.1, -0.05) is 35.5 Å². The zero-order valence-corrected chi connectivity index (χ0v) is 19.0. The summed E-state index contributed by atoms with van der Waals surface area (Å²) in [5, 5.41) is 22.5. The van der Waals surface area contributed by atoms with E-state index in [0.717, 1.165) is 5.56 Å². The first-order valence-corrected chi connectivity index (χ1v) is 10.5. The summed E-state index contributed by atoms with van der Waals surface area (Å²) in [6, 6.07) is 17.6. The highest BCUT2D eigenvalue weighted by Gasteiger charge is 2.20. The van der Waals surface area contributed by atoms with Gasteiger partial charge in [-0.25, -0.2) is 4.79 Å². The molecule has 0 saturated carbocycles. The monoisotopic (exact) mass is 533 g/mol. The lowest BCUT2D eigenvalue weighted by atomic mass is 10.0. The second-order valence-corrected chi connectivity index (χ2v) is 7.79. The third-order valence-electron chi connectivity index (χ3n) is 4.11. The fourth-order valence-corrected chi connectivity index (χ4v) is 4.10. The van der Waals surface area contributed by atoms with Crippen LogP contribution < -0.4 is 4.74 Å². The van der Waals surface area contributed by atoms with E-state index in [4.69, 9.17) is 9.47 Å². The summed E-state index contributed by atoms with van der Waals surface area (Å²) in [5.74, 6) is 0.352. The van der Waals surface area contributed by atoms with Crippen LogP contribution in [0.15, 0.2) is 74.8 Å². The number of carbonyl (C=O) groups excluding carboxylic acids is 1. The lowest BCUT2D eigenvalue weighted by Gasteiger charge is -2.14. The molecule has 2 N–H and O–H groups in total. The van der Waals surface area contributed by atoms with Crippen molar-refractivity contribution < 1.29 is 24.6 Å². The van der Waals surface area contributed by atoms with Crippen LogP contribution in [0.25, 0.3) is 11.1 Å². The molecular weight excluding hydrogens is 518 g/mol. The molecule has 0 aliphatic carbocycles. The molecule has 3 aromatic rings. The fraction of sp³-hybridized carbons (Fsp3) is 0.0909. The van der Waals surface area contributed by atoms with Crippen molar-refractivity contribution in [2.24, 2.45) is 5.16 Å². The topological polar surface area (TPSA) is 88.4 Å². The minimum Gasteiger partial charge on any atom is -0.507 e. The lowest BCUT2D eigenvalue weighted by molar-refractivity contribution is -0.135. The highest BCUT2D eigenvalue weighted by Crippen LogP contribution is 2.40. The molecule has 0 unspecified atom stereocenters. The molecule has 3 aromatic carbocycles. The molecule has 0 spiro atoms. The Morgan fingerprint density at radius 1 is 1.03 bits per heavy atom. The molecular formula is C22H17Br2NO5. The van der Waals surface area contributed by atoms with Gasteiger partial charge in [-0.2, -0.15) is 0 Å². The van der Waals surface area contributed by atoms with Crippen molar-refractivity contribution in [3.05, 3.63) is 75.2 Å². The van der Waals surface area contributed by atoms with Crippen LogP contribution in [0.3, 0.4) is 0 Å². The highest BCUT2D eigenvalue weighted by molar-refractivity contribution is 9.11. The second kappa shape index (κ2) is 9.77. The van der Waals surface area contributed by atoms with E-state index in [-0.39, 0.29) is 18.1 Å². The summed E-state index contributed by atoms with van der Waals surface area (Å²) in [5.41, 5.74) is 1.61. The molecule has 30 heavy (non-hydrogen) atoms. The van der Waals surface area contributed by atoms with Crippen LogP contribution in [0.5, 0.6) is 17.2 Å². The summed E-state index contributed by atoms with van der Waals surface area (Å²) in [7, 11) is 0. The Bertz CT molecular complexity index is 1080. The maximum absolute atomic E-state index is 12.0. The maximum atomic E-state index is 12.0. The summed E-state index contributed by atoms with van der Waals surface area (Å²) in [6.45, 7) is 1.82. The van der Waals surface area contributed by atoms with Gasteiger partial charge in [0.15, 0.2) is 11.5 Å². The molecule has 0 amide bonds. The molecule has 8 heteroatoms. The average Bonchev–Trinajstić information content (AvgIpc) is 2.73. The van der Waals surface area contributed by atoms with E-state index in [1.807, 2.05) is 30.3 Å². The predicted octanol–water partition coefficient (Wildman–Crippen LogP) is 6.12. The van der Waals surface area contributed by atoms with E-state index in [9.17, 15) is 15.1 Å². The number of halogens is 2. The number of phenolic OH excluding ortho intramolecular Hbond substituents is 1. The summed E-state index contributed by atoms with van der Waals surface area (Å²) in [4.78, 5) is 12.0. The minimum atomic E-state index is -0.737. The standard InChI is InChI=1S/C22H17Br2NO5/c1-2-29-22(27)20(25-28)14-10-17(23)21(18(24)11-14)30-15-8-9-19(26)16(12-15)13-6-4-3-5-7-13/h3-12,26,28H,2H2,1H3/b25-20+. The third kappa shape index (κ3) is 4.83. The SMILES string of the molecule is CCOC(=O)/C(=N/O)c1cc(Br)c(Oc2ccc(O)c(-c3ccccc3)c2)c(Br)c1. The van der Waals surface area contributed by atoms with Crippen LogP contribution in [-0.2, 0) is 9.53 Å². The van der Waals surface area contributed by atoms with Crippen LogP contribution in [-0.4, -0.2) is 28.6 Å². The number of phenols is 1. The van der Waals surface area contributed by atoms with Gasteiger partial charge in [0, 0.05) is 11.1 Å². The Morgan fingerprint density at radius 3 is 2.30 bits per heavy atom. The second-order valence-electron chi connectivity index (χ2n) is 6.09. The molecule has 0 radical (unpaired) electrons. The zero-order valence-electron chi connectivity index (χ0n) is 15.8. The van der Waals surface area contributed by atoms with Crippen molar-refractivity contribution >= 4 is 43.5 Å². The predicted molar refractivity (Wildman–Crippen MR) is 120 cm³/mol. The van der Waals surface area contributed by atoms with Gasteiger partial charge in [-0.05, 0) is 74.7 Å². The normalized spacial score (nSPS) is 11.2. The quantitative estimate of drug-likeness (QED) is 0.172. The molecule has 0 aliphatic rings. The molecule has 0 saturated heterocycles. The molecule has 0 heterocycles. The van der Waals surface area contributed by atoms with Crippen LogP contribution in [0.1, 0.15) is 12.5 Å². The Kier molecular flexibility index (Phi) is 7.12. The van der Waals surface area contributed by atoms with Gasteiger partial charge in [-0.3, -0.25) is 0 Å². The number of esters is 1. The van der Waals surface area contributed by atoms with E-state index in [1.54, 1.807) is 37.3 Å². The van der Waals surface area contributed by atoms with Crippen LogP contribution >= 0.6 is 31.9 Å². The molecule has 154 valence electrons. The zero-order chi connectivity index (χ0) is 21.7. The van der Waals surface area contributed by atoms with Crippen molar-refractivity contribution in [1.29, 1.82) is 0 Å². The molecule has 6 nitrogen and oxygen atoms in total. The first-order chi connectivity index (χ1) is 14.4. The number of rotatable bonds is 6. The van der Waals surface area contributed by atoms with Crippen LogP contribution in [0.2, 0.25) is 0 Å². The number of nitrogens with zero attached hydrogens (tertiary/aromatic N) is 1. The molecule has 0 aromatic heterocycles. The Balaban J connectivity index is 1.94. The van der Waals surface area contributed by atoms with Gasteiger partial charge in [0.1, 0.15) is 11.5 Å². The lowest BCUT2D eigenvalue weighted by Crippen LogP contribution is -2.19. The highest BCUT2D eigenvalue weighted by atomic mass is 79.9. The molecule has 0 atom stereocenters. The van der Waals surface area contributed by atoms with Crippen molar-refractivity contribution in [2.75, 3.05) is 6.61 Å². The number of hydrogen-bond acceptors (Lipinski definition) is 6. The summed E-state index contributed by atoms with van der Waals surface area (Å²) < 4.78 is 12.0. The average molecular weight is 535 g/mol. The number of oxime groups is 1. The van der Waals surface area contributed by atoms with Gasteiger partial charge >= 0.3 is 5.97 Å². The van der Waals surface area contributed by atoms with Crippen molar-refractivity contribution in [3.8, 4) is 28.4 Å². The third-order valence-corrected chi connectivity index (χ3v) is 5.29. The number of aromatic hydroxyl groups is 1. The molecule has 0 bridgehead atoms. The van der Waals surface area contributed by atoms with Gasteiger partial charge in [0.2, 0.25) is 0 Å². The van der Waals surface area contributed by atoms with E-state index < -0.39 is 5.97 Å². The Labute approximate surface area is 190 Å². The number of benzene rings is 3. The summed E-state index contributed by atoms with van der Waals surface area (Å²) in [6.07, 6.45) is 0. The van der Waals surface area contributed by atoms with Gasteiger partial charge in [0.25, 0.3) is 0 Å². The first kappa shape index (κ1) is 21.9. The van der Waals surface area contributed by atoms with E-state index in [1.165, 1.54) is 0 Å². The van der Waals surface area contributed by atoms with E-state index in [2.05, 4.69) is 37.0 Å². The molecule has 0 fully saturated rings. The van der Waals surface area contributed by atoms with E-state index >= 15 is 0 Å². The number of hydrogen-bond donors (Lipinski definition) is 2. The van der Waals surface area contributed by atoms with Gasteiger partial charge < -0.3 is 19.8 Å². The number of ether oxygens (including phenoxy) is 2. The van der Waals surface area contributed by atoms with Crippen LogP contribution in [0.4, 0.5) is 0 Å². The van der Waals surface area contributed by atoms with Gasteiger partial charge in [-0.15, -0.1) is 0 Å². The largest absolute Gasteiger partial charge is 0.507 e.